The maximum Gasteiger partial charge on any atom is 0.257 e. The molecule has 2 aromatic carbocycles. The first kappa shape index (κ1) is 10.9. The average Bonchev–Trinajstić information content (AvgIpc) is 2.44. The van der Waals surface area contributed by atoms with Gasteiger partial charge in [0.25, 0.3) is 5.91 Å². The van der Waals surface area contributed by atoms with E-state index in [2.05, 4.69) is 10.6 Å². The number of benzene rings is 2. The Morgan fingerprint density at radius 2 is 1.78 bits per heavy atom. The van der Waals surface area contributed by atoms with Crippen molar-refractivity contribution in [3.63, 3.8) is 0 Å². The first-order chi connectivity index (χ1) is 8.63. The molecule has 0 bridgehead atoms. The van der Waals surface area contributed by atoms with Gasteiger partial charge in [0, 0.05) is 11.1 Å². The van der Waals surface area contributed by atoms with Crippen molar-refractivity contribution in [2.45, 2.75) is 0 Å². The van der Waals surface area contributed by atoms with Gasteiger partial charge in [-0.15, -0.1) is 0 Å². The number of hydrogen-bond donors (Lipinski definition) is 3. The summed E-state index contributed by atoms with van der Waals surface area (Å²) in [6.45, 7) is 0. The van der Waals surface area contributed by atoms with Crippen molar-refractivity contribution in [3.05, 3.63) is 47.0 Å². The molecule has 0 radical (unpaired) electrons. The summed E-state index contributed by atoms with van der Waals surface area (Å²) in [6, 6.07) is 9.70. The van der Waals surface area contributed by atoms with Crippen LogP contribution in [0.15, 0.2) is 36.4 Å². The van der Waals surface area contributed by atoms with Gasteiger partial charge in [0.1, 0.15) is 5.75 Å². The van der Waals surface area contributed by atoms with E-state index < -0.39 is 0 Å². The highest BCUT2D eigenvalue weighted by atomic mass is 35.5. The van der Waals surface area contributed by atoms with Gasteiger partial charge in [-0.2, -0.15) is 0 Å². The maximum atomic E-state index is 12.0. The van der Waals surface area contributed by atoms with Crippen molar-refractivity contribution in [1.82, 2.24) is 0 Å². The predicted molar refractivity (Wildman–Crippen MR) is 70.8 cm³/mol. The van der Waals surface area contributed by atoms with E-state index in [1.807, 2.05) is 0 Å². The fourth-order valence-electron chi connectivity index (χ4n) is 1.90. The van der Waals surface area contributed by atoms with Crippen molar-refractivity contribution in [1.29, 1.82) is 0 Å². The fourth-order valence-corrected chi connectivity index (χ4v) is 2.07. The summed E-state index contributed by atoms with van der Waals surface area (Å²) in [7, 11) is 0. The minimum atomic E-state index is -0.210. The topological polar surface area (TPSA) is 61.4 Å². The standard InChI is InChI=1S/C13H9ClN2O2/c14-7-1-3-9-11(5-7)15-12-6-8(17)2-4-10(12)16-13(9)18/h1-6,15,17H,(H,16,18). The lowest BCUT2D eigenvalue weighted by Gasteiger charge is -2.08. The predicted octanol–water partition coefficient (Wildman–Crippen LogP) is 3.35. The average molecular weight is 261 g/mol. The van der Waals surface area contributed by atoms with Gasteiger partial charge in [0.2, 0.25) is 0 Å². The Labute approximate surface area is 108 Å². The summed E-state index contributed by atoms with van der Waals surface area (Å²) in [4.78, 5) is 12.0. The molecule has 1 aliphatic rings. The molecule has 0 aliphatic carbocycles. The minimum absolute atomic E-state index is 0.126. The van der Waals surface area contributed by atoms with Crippen LogP contribution in [0, 0.1) is 0 Å². The number of carbonyl (C=O) groups excluding carboxylic acids is 1. The summed E-state index contributed by atoms with van der Waals surface area (Å²) in [5, 5.41) is 15.9. The highest BCUT2D eigenvalue weighted by Crippen LogP contribution is 2.35. The van der Waals surface area contributed by atoms with Gasteiger partial charge in [0.05, 0.1) is 22.6 Å². The normalized spacial score (nSPS) is 12.8. The van der Waals surface area contributed by atoms with Crippen molar-refractivity contribution in [3.8, 4) is 5.75 Å². The second-order valence-electron chi connectivity index (χ2n) is 4.00. The zero-order chi connectivity index (χ0) is 12.7. The summed E-state index contributed by atoms with van der Waals surface area (Å²) in [6.07, 6.45) is 0. The lowest BCUT2D eigenvalue weighted by atomic mass is 10.1. The summed E-state index contributed by atoms with van der Waals surface area (Å²) < 4.78 is 0. The molecule has 5 heteroatoms. The molecule has 3 rings (SSSR count). The number of aromatic hydroxyl groups is 1. The lowest BCUT2D eigenvalue weighted by Crippen LogP contribution is -2.10. The van der Waals surface area contributed by atoms with Crippen LogP contribution in [0.2, 0.25) is 5.02 Å². The van der Waals surface area contributed by atoms with Crippen LogP contribution < -0.4 is 10.6 Å². The van der Waals surface area contributed by atoms with E-state index in [0.29, 0.717) is 27.6 Å². The molecular weight excluding hydrogens is 252 g/mol. The Balaban J connectivity index is 2.18. The molecule has 2 aromatic rings. The van der Waals surface area contributed by atoms with Crippen molar-refractivity contribution < 1.29 is 9.90 Å². The molecule has 90 valence electrons. The third-order valence-electron chi connectivity index (χ3n) is 2.75. The van der Waals surface area contributed by atoms with Gasteiger partial charge in [-0.1, -0.05) is 11.6 Å². The Hall–Kier alpha value is -2.20. The fraction of sp³-hybridized carbons (Fsp3) is 0. The molecule has 18 heavy (non-hydrogen) atoms. The number of phenols is 1. The molecule has 0 unspecified atom stereocenters. The van der Waals surface area contributed by atoms with E-state index >= 15 is 0 Å². The quantitative estimate of drug-likeness (QED) is 0.637. The number of phenolic OH excluding ortho intramolecular Hbond substituents is 1. The molecule has 0 atom stereocenters. The second-order valence-corrected chi connectivity index (χ2v) is 4.44. The van der Waals surface area contributed by atoms with Crippen LogP contribution in [0.1, 0.15) is 10.4 Å². The van der Waals surface area contributed by atoms with Crippen LogP contribution in [0.5, 0.6) is 5.75 Å². The zero-order valence-corrected chi connectivity index (χ0v) is 9.95. The monoisotopic (exact) mass is 260 g/mol. The Morgan fingerprint density at radius 3 is 2.61 bits per heavy atom. The summed E-state index contributed by atoms with van der Waals surface area (Å²) >= 11 is 5.91. The minimum Gasteiger partial charge on any atom is -0.508 e. The van der Waals surface area contributed by atoms with E-state index in [1.54, 1.807) is 30.3 Å². The molecule has 0 fully saturated rings. The van der Waals surface area contributed by atoms with Crippen LogP contribution in [-0.4, -0.2) is 11.0 Å². The smallest absolute Gasteiger partial charge is 0.257 e. The van der Waals surface area contributed by atoms with Crippen LogP contribution in [0.4, 0.5) is 17.1 Å². The van der Waals surface area contributed by atoms with Crippen LogP contribution in [0.3, 0.4) is 0 Å². The van der Waals surface area contributed by atoms with E-state index in [0.717, 1.165) is 0 Å². The number of carbonyl (C=O) groups is 1. The van der Waals surface area contributed by atoms with Crippen molar-refractivity contribution >= 4 is 34.6 Å². The van der Waals surface area contributed by atoms with Crippen LogP contribution in [-0.2, 0) is 0 Å². The second kappa shape index (κ2) is 3.92. The molecule has 1 aliphatic heterocycles. The SMILES string of the molecule is O=C1Nc2ccc(O)cc2Nc2cc(Cl)ccc21. The zero-order valence-electron chi connectivity index (χ0n) is 9.20. The van der Waals surface area contributed by atoms with E-state index in [4.69, 9.17) is 11.6 Å². The van der Waals surface area contributed by atoms with E-state index in [9.17, 15) is 9.90 Å². The van der Waals surface area contributed by atoms with Crippen LogP contribution in [0.25, 0.3) is 0 Å². The molecule has 3 N–H and O–H groups in total. The van der Waals surface area contributed by atoms with Crippen LogP contribution >= 0.6 is 11.6 Å². The number of anilines is 3. The van der Waals surface area contributed by atoms with Gasteiger partial charge in [-0.05, 0) is 30.3 Å². The van der Waals surface area contributed by atoms with Gasteiger partial charge >= 0.3 is 0 Å². The van der Waals surface area contributed by atoms with Gasteiger partial charge < -0.3 is 15.7 Å². The first-order valence-electron chi connectivity index (χ1n) is 5.34. The number of rotatable bonds is 0. The van der Waals surface area contributed by atoms with Gasteiger partial charge in [-0.3, -0.25) is 4.79 Å². The highest BCUT2D eigenvalue weighted by Gasteiger charge is 2.19. The first-order valence-corrected chi connectivity index (χ1v) is 5.72. The highest BCUT2D eigenvalue weighted by molar-refractivity contribution is 6.31. The Kier molecular flexibility index (Phi) is 2.38. The third kappa shape index (κ3) is 1.76. The molecule has 0 aromatic heterocycles. The van der Waals surface area contributed by atoms with Gasteiger partial charge in [0.15, 0.2) is 0 Å². The Morgan fingerprint density at radius 1 is 0.944 bits per heavy atom. The lowest BCUT2D eigenvalue weighted by molar-refractivity contribution is 0.102. The van der Waals surface area contributed by atoms with Gasteiger partial charge in [-0.25, -0.2) is 0 Å². The molecule has 1 amide bonds. The van der Waals surface area contributed by atoms with E-state index in [-0.39, 0.29) is 11.7 Å². The molecular formula is C13H9ClN2O2. The molecule has 0 saturated heterocycles. The van der Waals surface area contributed by atoms with Crippen molar-refractivity contribution in [2.75, 3.05) is 10.6 Å². The number of halogens is 1. The Bertz CT molecular complexity index is 655. The maximum absolute atomic E-state index is 12.0. The summed E-state index contributed by atoms with van der Waals surface area (Å²) in [5.41, 5.74) is 2.37. The van der Waals surface area contributed by atoms with Crippen molar-refractivity contribution in [2.24, 2.45) is 0 Å². The molecule has 1 heterocycles. The molecule has 4 nitrogen and oxygen atoms in total. The molecule has 0 spiro atoms. The number of nitrogens with one attached hydrogen (secondary N) is 2. The van der Waals surface area contributed by atoms with E-state index in [1.165, 1.54) is 6.07 Å². The summed E-state index contributed by atoms with van der Waals surface area (Å²) in [5.74, 6) is -0.0837. The number of hydrogen-bond acceptors (Lipinski definition) is 3. The largest absolute Gasteiger partial charge is 0.508 e. The number of amides is 1. The number of fused-ring (bicyclic) bond motifs is 2. The third-order valence-corrected chi connectivity index (χ3v) is 2.98. The molecule has 0 saturated carbocycles.